The van der Waals surface area contributed by atoms with Gasteiger partial charge in [0.1, 0.15) is 0 Å². The van der Waals surface area contributed by atoms with E-state index < -0.39 is 0 Å². The second-order valence-corrected chi connectivity index (χ2v) is 6.79. The zero-order valence-corrected chi connectivity index (χ0v) is 13.5. The summed E-state index contributed by atoms with van der Waals surface area (Å²) in [5.41, 5.74) is 2.93. The standard InChI is InChI=1S/C18H30N2/c1-14(2)12-16-13-20(11-7-10-19-16)18-9-6-5-8-17(18)15(3)4/h5-6,8-9,14-16,19H,7,10-13H2,1-4H3. The van der Waals surface area contributed by atoms with Crippen LogP contribution in [0.1, 0.15) is 52.0 Å². The average molecular weight is 274 g/mol. The SMILES string of the molecule is CC(C)CC1CN(c2ccccc2C(C)C)CCCN1. The molecule has 1 aromatic rings. The van der Waals surface area contributed by atoms with E-state index in [-0.39, 0.29) is 0 Å². The van der Waals surface area contributed by atoms with Crippen molar-refractivity contribution < 1.29 is 0 Å². The van der Waals surface area contributed by atoms with Crippen molar-refractivity contribution in [2.45, 2.75) is 52.5 Å². The minimum absolute atomic E-state index is 0.589. The van der Waals surface area contributed by atoms with Gasteiger partial charge in [0.2, 0.25) is 0 Å². The Morgan fingerprint density at radius 2 is 1.95 bits per heavy atom. The largest absolute Gasteiger partial charge is 0.370 e. The third-order valence-electron chi connectivity index (χ3n) is 4.13. The van der Waals surface area contributed by atoms with Gasteiger partial charge in [-0.25, -0.2) is 0 Å². The Bertz CT molecular complexity index is 412. The van der Waals surface area contributed by atoms with Gasteiger partial charge in [-0.3, -0.25) is 0 Å². The van der Waals surface area contributed by atoms with Gasteiger partial charge in [0.25, 0.3) is 0 Å². The van der Waals surface area contributed by atoms with Crippen molar-refractivity contribution in [2.75, 3.05) is 24.5 Å². The molecule has 1 fully saturated rings. The van der Waals surface area contributed by atoms with E-state index in [2.05, 4.69) is 62.2 Å². The molecule has 1 saturated heterocycles. The molecule has 112 valence electrons. The van der Waals surface area contributed by atoms with Crippen LogP contribution in [0.25, 0.3) is 0 Å². The van der Waals surface area contributed by atoms with Crippen LogP contribution in [-0.2, 0) is 0 Å². The highest BCUT2D eigenvalue weighted by molar-refractivity contribution is 5.55. The Morgan fingerprint density at radius 3 is 2.65 bits per heavy atom. The summed E-state index contributed by atoms with van der Waals surface area (Å²) in [6, 6.07) is 9.55. The highest BCUT2D eigenvalue weighted by atomic mass is 15.2. The van der Waals surface area contributed by atoms with Crippen LogP contribution in [0.5, 0.6) is 0 Å². The first-order valence-electron chi connectivity index (χ1n) is 8.15. The van der Waals surface area contributed by atoms with Crippen LogP contribution in [-0.4, -0.2) is 25.7 Å². The lowest BCUT2D eigenvalue weighted by Crippen LogP contribution is -2.39. The topological polar surface area (TPSA) is 15.3 Å². The Balaban J connectivity index is 2.17. The van der Waals surface area contributed by atoms with Crippen molar-refractivity contribution in [2.24, 2.45) is 5.92 Å². The molecule has 0 saturated carbocycles. The van der Waals surface area contributed by atoms with Crippen LogP contribution >= 0.6 is 0 Å². The van der Waals surface area contributed by atoms with E-state index in [9.17, 15) is 0 Å². The Morgan fingerprint density at radius 1 is 1.20 bits per heavy atom. The summed E-state index contributed by atoms with van der Waals surface area (Å²) >= 11 is 0. The van der Waals surface area contributed by atoms with Crippen molar-refractivity contribution in [3.8, 4) is 0 Å². The zero-order valence-electron chi connectivity index (χ0n) is 13.5. The molecule has 1 heterocycles. The molecule has 1 aliphatic heterocycles. The Hall–Kier alpha value is -1.02. The van der Waals surface area contributed by atoms with Gasteiger partial charge in [0, 0.05) is 24.8 Å². The second-order valence-electron chi connectivity index (χ2n) is 6.79. The Labute approximate surface area is 124 Å². The fourth-order valence-electron chi connectivity index (χ4n) is 3.21. The van der Waals surface area contributed by atoms with Crippen molar-refractivity contribution in [1.29, 1.82) is 0 Å². The van der Waals surface area contributed by atoms with Crippen molar-refractivity contribution in [3.63, 3.8) is 0 Å². The van der Waals surface area contributed by atoms with E-state index in [0.29, 0.717) is 12.0 Å². The second kappa shape index (κ2) is 7.12. The monoisotopic (exact) mass is 274 g/mol. The number of para-hydroxylation sites is 1. The molecular weight excluding hydrogens is 244 g/mol. The van der Waals surface area contributed by atoms with Gasteiger partial charge >= 0.3 is 0 Å². The quantitative estimate of drug-likeness (QED) is 0.892. The molecule has 1 atom stereocenters. The molecule has 0 amide bonds. The molecule has 2 heteroatoms. The molecule has 0 bridgehead atoms. The summed E-state index contributed by atoms with van der Waals surface area (Å²) < 4.78 is 0. The third-order valence-corrected chi connectivity index (χ3v) is 4.13. The molecule has 1 aliphatic rings. The number of anilines is 1. The van der Waals surface area contributed by atoms with Gasteiger partial charge in [-0.1, -0.05) is 45.9 Å². The lowest BCUT2D eigenvalue weighted by Gasteiger charge is -2.30. The fourth-order valence-corrected chi connectivity index (χ4v) is 3.21. The maximum Gasteiger partial charge on any atom is 0.0401 e. The third kappa shape index (κ3) is 3.99. The fraction of sp³-hybridized carbons (Fsp3) is 0.667. The van der Waals surface area contributed by atoms with Gasteiger partial charge in [0.15, 0.2) is 0 Å². The van der Waals surface area contributed by atoms with Crippen LogP contribution in [0.3, 0.4) is 0 Å². The molecule has 0 spiro atoms. The zero-order chi connectivity index (χ0) is 14.5. The molecular formula is C18H30N2. The summed E-state index contributed by atoms with van der Waals surface area (Å²) in [4.78, 5) is 2.60. The van der Waals surface area contributed by atoms with Crippen molar-refractivity contribution in [3.05, 3.63) is 29.8 Å². The van der Waals surface area contributed by atoms with Gasteiger partial charge in [-0.15, -0.1) is 0 Å². The van der Waals surface area contributed by atoms with E-state index >= 15 is 0 Å². The first-order valence-corrected chi connectivity index (χ1v) is 8.15. The van der Waals surface area contributed by atoms with Gasteiger partial charge < -0.3 is 10.2 Å². The summed E-state index contributed by atoms with van der Waals surface area (Å²) in [5.74, 6) is 1.35. The van der Waals surface area contributed by atoms with Crippen molar-refractivity contribution in [1.82, 2.24) is 5.32 Å². The maximum atomic E-state index is 3.72. The molecule has 0 aliphatic carbocycles. The summed E-state index contributed by atoms with van der Waals surface area (Å²) in [7, 11) is 0. The normalized spacial score (nSPS) is 20.5. The molecule has 2 nitrogen and oxygen atoms in total. The number of nitrogens with zero attached hydrogens (tertiary/aromatic N) is 1. The molecule has 1 aromatic carbocycles. The minimum Gasteiger partial charge on any atom is -0.370 e. The van der Waals surface area contributed by atoms with E-state index in [1.165, 1.54) is 30.6 Å². The highest BCUT2D eigenvalue weighted by Gasteiger charge is 2.20. The average Bonchev–Trinajstić information content (AvgIpc) is 2.63. The minimum atomic E-state index is 0.589. The number of nitrogens with one attached hydrogen (secondary N) is 1. The number of benzene rings is 1. The predicted molar refractivity (Wildman–Crippen MR) is 88.6 cm³/mol. The molecule has 1 N–H and O–H groups in total. The smallest absolute Gasteiger partial charge is 0.0401 e. The van der Waals surface area contributed by atoms with Crippen LogP contribution < -0.4 is 10.2 Å². The number of rotatable bonds is 4. The summed E-state index contributed by atoms with van der Waals surface area (Å²) in [5, 5.41) is 3.72. The van der Waals surface area contributed by atoms with Crippen LogP contribution in [0.15, 0.2) is 24.3 Å². The van der Waals surface area contributed by atoms with E-state index in [1.807, 2.05) is 0 Å². The first kappa shape index (κ1) is 15.4. The van der Waals surface area contributed by atoms with Crippen LogP contribution in [0, 0.1) is 5.92 Å². The molecule has 0 aromatic heterocycles. The van der Waals surface area contributed by atoms with Crippen LogP contribution in [0.2, 0.25) is 0 Å². The molecule has 2 rings (SSSR count). The predicted octanol–water partition coefficient (Wildman–Crippen LogP) is 4.02. The summed E-state index contributed by atoms with van der Waals surface area (Å²) in [6.45, 7) is 12.7. The van der Waals surface area contributed by atoms with Gasteiger partial charge in [-0.2, -0.15) is 0 Å². The highest BCUT2D eigenvalue weighted by Crippen LogP contribution is 2.28. The van der Waals surface area contributed by atoms with Crippen LogP contribution in [0.4, 0.5) is 5.69 Å². The van der Waals surface area contributed by atoms with Crippen molar-refractivity contribution >= 4 is 5.69 Å². The lowest BCUT2D eigenvalue weighted by molar-refractivity contribution is 0.436. The van der Waals surface area contributed by atoms with E-state index in [1.54, 1.807) is 0 Å². The maximum absolute atomic E-state index is 3.72. The Kier molecular flexibility index (Phi) is 5.47. The molecule has 1 unspecified atom stereocenters. The molecule has 20 heavy (non-hydrogen) atoms. The van der Waals surface area contributed by atoms with E-state index in [0.717, 1.165) is 19.0 Å². The van der Waals surface area contributed by atoms with E-state index in [4.69, 9.17) is 0 Å². The number of hydrogen-bond acceptors (Lipinski definition) is 2. The number of hydrogen-bond donors (Lipinski definition) is 1. The van der Waals surface area contributed by atoms with Gasteiger partial charge in [0.05, 0.1) is 0 Å². The lowest BCUT2D eigenvalue weighted by atomic mass is 9.99. The van der Waals surface area contributed by atoms with Gasteiger partial charge in [-0.05, 0) is 42.9 Å². The summed E-state index contributed by atoms with van der Waals surface area (Å²) in [6.07, 6.45) is 2.50. The molecule has 0 radical (unpaired) electrons. The first-order chi connectivity index (χ1) is 9.58.